The molecule has 2 nitrogen and oxygen atoms in total. The van der Waals surface area contributed by atoms with E-state index in [0.29, 0.717) is 10.7 Å². The van der Waals surface area contributed by atoms with Crippen molar-refractivity contribution in [1.29, 1.82) is 0 Å². The van der Waals surface area contributed by atoms with E-state index < -0.39 is 0 Å². The van der Waals surface area contributed by atoms with E-state index in [-0.39, 0.29) is 0 Å². The van der Waals surface area contributed by atoms with Crippen LogP contribution in [0.15, 0.2) is 0 Å². The molecule has 3 heteroatoms. The second-order valence-corrected chi connectivity index (χ2v) is 3.46. The SMILES string of the molecule is CCCC1(NC(N)=S)CC1. The zero-order chi connectivity index (χ0) is 7.61. The molecular formula is C7H14N2S. The molecule has 0 spiro atoms. The topological polar surface area (TPSA) is 38.0 Å². The predicted molar refractivity (Wildman–Crippen MR) is 46.8 cm³/mol. The molecule has 10 heavy (non-hydrogen) atoms. The van der Waals surface area contributed by atoms with Crippen molar-refractivity contribution < 1.29 is 0 Å². The molecule has 0 radical (unpaired) electrons. The third-order valence-corrected chi connectivity index (χ3v) is 2.07. The largest absolute Gasteiger partial charge is 0.376 e. The van der Waals surface area contributed by atoms with Crippen molar-refractivity contribution >= 4 is 17.3 Å². The van der Waals surface area contributed by atoms with Gasteiger partial charge in [0.15, 0.2) is 5.11 Å². The lowest BCUT2D eigenvalue weighted by Gasteiger charge is -2.15. The van der Waals surface area contributed by atoms with E-state index in [1.807, 2.05) is 0 Å². The van der Waals surface area contributed by atoms with Gasteiger partial charge in [-0.3, -0.25) is 0 Å². The Kier molecular flexibility index (Phi) is 2.14. The van der Waals surface area contributed by atoms with Crippen molar-refractivity contribution in [2.75, 3.05) is 0 Å². The van der Waals surface area contributed by atoms with Gasteiger partial charge >= 0.3 is 0 Å². The van der Waals surface area contributed by atoms with Gasteiger partial charge in [-0.25, -0.2) is 0 Å². The first-order valence-electron chi connectivity index (χ1n) is 3.76. The minimum atomic E-state index is 0.306. The van der Waals surface area contributed by atoms with Crippen molar-refractivity contribution in [3.05, 3.63) is 0 Å². The molecule has 58 valence electrons. The van der Waals surface area contributed by atoms with Crippen LogP contribution >= 0.6 is 12.2 Å². The van der Waals surface area contributed by atoms with Gasteiger partial charge in [-0.2, -0.15) is 0 Å². The average Bonchev–Trinajstić information content (AvgIpc) is 2.47. The lowest BCUT2D eigenvalue weighted by Crippen LogP contribution is -2.40. The summed E-state index contributed by atoms with van der Waals surface area (Å²) < 4.78 is 0. The van der Waals surface area contributed by atoms with Crippen LogP contribution in [0.5, 0.6) is 0 Å². The highest BCUT2D eigenvalue weighted by Crippen LogP contribution is 2.39. The molecule has 0 heterocycles. The minimum Gasteiger partial charge on any atom is -0.376 e. The van der Waals surface area contributed by atoms with Gasteiger partial charge in [-0.05, 0) is 31.5 Å². The maximum atomic E-state index is 5.37. The molecule has 1 fully saturated rings. The molecule has 3 N–H and O–H groups in total. The van der Waals surface area contributed by atoms with Gasteiger partial charge in [-0.1, -0.05) is 13.3 Å². The van der Waals surface area contributed by atoms with Gasteiger partial charge in [0.2, 0.25) is 0 Å². The number of nitrogens with two attached hydrogens (primary N) is 1. The highest BCUT2D eigenvalue weighted by molar-refractivity contribution is 7.80. The summed E-state index contributed by atoms with van der Waals surface area (Å²) in [5.74, 6) is 0. The zero-order valence-corrected chi connectivity index (χ0v) is 7.13. The van der Waals surface area contributed by atoms with E-state index in [2.05, 4.69) is 12.2 Å². The Morgan fingerprint density at radius 2 is 2.30 bits per heavy atom. The van der Waals surface area contributed by atoms with Gasteiger partial charge in [0.05, 0.1) is 0 Å². The minimum absolute atomic E-state index is 0.306. The maximum Gasteiger partial charge on any atom is 0.164 e. The van der Waals surface area contributed by atoms with Crippen LogP contribution in [0.1, 0.15) is 32.6 Å². The maximum absolute atomic E-state index is 5.37. The van der Waals surface area contributed by atoms with Gasteiger partial charge in [0.1, 0.15) is 0 Å². The Balaban J connectivity index is 2.30. The fourth-order valence-electron chi connectivity index (χ4n) is 1.33. The molecule has 0 aliphatic heterocycles. The summed E-state index contributed by atoms with van der Waals surface area (Å²) >= 11 is 4.76. The molecule has 0 bridgehead atoms. The fourth-order valence-corrected chi connectivity index (χ4v) is 1.54. The quantitative estimate of drug-likeness (QED) is 0.605. The fraction of sp³-hybridized carbons (Fsp3) is 0.857. The predicted octanol–water partition coefficient (Wildman–Crippen LogP) is 1.15. The molecule has 1 saturated carbocycles. The molecular weight excluding hydrogens is 144 g/mol. The normalized spacial score (nSPS) is 20.1. The first-order chi connectivity index (χ1) is 4.68. The van der Waals surface area contributed by atoms with Crippen LogP contribution in [0, 0.1) is 0 Å². The summed E-state index contributed by atoms with van der Waals surface area (Å²) in [6.45, 7) is 2.18. The third kappa shape index (κ3) is 1.84. The second-order valence-electron chi connectivity index (χ2n) is 3.02. The van der Waals surface area contributed by atoms with Gasteiger partial charge in [0, 0.05) is 5.54 Å². The van der Waals surface area contributed by atoms with Crippen molar-refractivity contribution in [2.24, 2.45) is 5.73 Å². The van der Waals surface area contributed by atoms with E-state index in [4.69, 9.17) is 18.0 Å². The van der Waals surface area contributed by atoms with Crippen LogP contribution in [0.4, 0.5) is 0 Å². The first-order valence-corrected chi connectivity index (χ1v) is 4.17. The van der Waals surface area contributed by atoms with Crippen LogP contribution in [0.3, 0.4) is 0 Å². The summed E-state index contributed by atoms with van der Waals surface area (Å²) in [6.07, 6.45) is 4.87. The summed E-state index contributed by atoms with van der Waals surface area (Å²) in [5.41, 5.74) is 5.68. The second kappa shape index (κ2) is 2.74. The van der Waals surface area contributed by atoms with E-state index in [1.165, 1.54) is 25.7 Å². The Hall–Kier alpha value is -0.310. The van der Waals surface area contributed by atoms with E-state index >= 15 is 0 Å². The summed E-state index contributed by atoms with van der Waals surface area (Å²) in [7, 11) is 0. The lowest BCUT2D eigenvalue weighted by atomic mass is 10.1. The molecule has 0 unspecified atom stereocenters. The number of nitrogens with one attached hydrogen (secondary N) is 1. The smallest absolute Gasteiger partial charge is 0.164 e. The van der Waals surface area contributed by atoms with Crippen molar-refractivity contribution in [2.45, 2.75) is 38.1 Å². The van der Waals surface area contributed by atoms with Crippen LogP contribution in [-0.4, -0.2) is 10.7 Å². The van der Waals surface area contributed by atoms with Gasteiger partial charge in [0.25, 0.3) is 0 Å². The standard InChI is InChI=1S/C7H14N2S/c1-2-3-7(4-5-7)9-6(8)10/h2-5H2,1H3,(H3,8,9,10). The third-order valence-electron chi connectivity index (χ3n) is 1.97. The summed E-state index contributed by atoms with van der Waals surface area (Å²) in [5, 5.41) is 3.59. The van der Waals surface area contributed by atoms with E-state index in [9.17, 15) is 0 Å². The Morgan fingerprint density at radius 3 is 2.60 bits per heavy atom. The van der Waals surface area contributed by atoms with Crippen molar-refractivity contribution in [3.8, 4) is 0 Å². The van der Waals surface area contributed by atoms with Crippen LogP contribution in [0.2, 0.25) is 0 Å². The van der Waals surface area contributed by atoms with Gasteiger partial charge < -0.3 is 11.1 Å². The van der Waals surface area contributed by atoms with Crippen molar-refractivity contribution in [3.63, 3.8) is 0 Å². The molecule has 0 saturated heterocycles. The summed E-state index contributed by atoms with van der Waals surface area (Å²) in [4.78, 5) is 0. The average molecular weight is 158 g/mol. The Labute approximate surface area is 67.2 Å². The van der Waals surface area contributed by atoms with Crippen LogP contribution < -0.4 is 11.1 Å². The molecule has 0 aromatic rings. The highest BCUT2D eigenvalue weighted by atomic mass is 32.1. The Morgan fingerprint density at radius 1 is 1.70 bits per heavy atom. The molecule has 0 amide bonds. The molecule has 1 rings (SSSR count). The lowest BCUT2D eigenvalue weighted by molar-refractivity contribution is 0.542. The first kappa shape index (κ1) is 7.79. The number of thiocarbonyl (C=S) groups is 1. The van der Waals surface area contributed by atoms with Crippen molar-refractivity contribution in [1.82, 2.24) is 5.32 Å². The van der Waals surface area contributed by atoms with Crippen LogP contribution in [-0.2, 0) is 0 Å². The molecule has 0 atom stereocenters. The van der Waals surface area contributed by atoms with Crippen LogP contribution in [0.25, 0.3) is 0 Å². The van der Waals surface area contributed by atoms with E-state index in [1.54, 1.807) is 0 Å². The van der Waals surface area contributed by atoms with Gasteiger partial charge in [-0.15, -0.1) is 0 Å². The summed E-state index contributed by atoms with van der Waals surface area (Å²) in [6, 6.07) is 0. The number of hydrogen-bond donors (Lipinski definition) is 2. The van der Waals surface area contributed by atoms with E-state index in [0.717, 1.165) is 0 Å². The highest BCUT2D eigenvalue weighted by Gasteiger charge is 2.41. The Bertz CT molecular complexity index is 141. The molecule has 0 aromatic carbocycles. The number of hydrogen-bond acceptors (Lipinski definition) is 1. The molecule has 1 aliphatic rings. The number of rotatable bonds is 3. The monoisotopic (exact) mass is 158 g/mol. The molecule has 0 aromatic heterocycles. The zero-order valence-electron chi connectivity index (χ0n) is 6.31. The molecule has 1 aliphatic carbocycles.